The molecule has 1 aliphatic rings. The third kappa shape index (κ3) is 6.94. The zero-order valence-corrected chi connectivity index (χ0v) is 25.1. The molecule has 3 aromatic carbocycles. The van der Waals surface area contributed by atoms with Crippen molar-refractivity contribution in [2.45, 2.75) is 88.6 Å². The Balaban J connectivity index is 1.59. The highest BCUT2D eigenvalue weighted by Gasteiger charge is 2.31. The van der Waals surface area contributed by atoms with E-state index in [9.17, 15) is 9.90 Å². The van der Waals surface area contributed by atoms with Crippen LogP contribution in [0.25, 0.3) is 0 Å². The van der Waals surface area contributed by atoms with Crippen LogP contribution >= 0.6 is 11.8 Å². The van der Waals surface area contributed by atoms with Gasteiger partial charge in [-0.25, -0.2) is 5.43 Å². The maximum Gasteiger partial charge on any atom is 0.247 e. The van der Waals surface area contributed by atoms with E-state index in [1.54, 1.807) is 0 Å². The normalized spacial score (nSPS) is 18.9. The average molecular weight is 543 g/mol. The molecule has 1 heterocycles. The molecular weight excluding hydrogens is 500 g/mol. The van der Waals surface area contributed by atoms with E-state index in [1.165, 1.54) is 11.1 Å². The van der Waals surface area contributed by atoms with E-state index in [4.69, 9.17) is 5.10 Å². The molecule has 1 amide bonds. The molecule has 2 N–H and O–H groups in total. The standard InChI is InChI=1S/C34H42N2O2S/c1-22(25-18-27(33(2,3)4)31(37)28(19-25)34(5,6)7)32(38)36-35-26-20-29(23-14-10-8-11-15-23)39-30(21-26)24-16-12-9-13-17-24/h8-19,22,29-30,37H,20-21H2,1-7H3,(H,36,38). The predicted octanol–water partition coefficient (Wildman–Crippen LogP) is 8.57. The first-order valence-corrected chi connectivity index (χ1v) is 14.8. The Morgan fingerprint density at radius 3 is 1.69 bits per heavy atom. The fraction of sp³-hybridized carbons (Fsp3) is 0.412. The molecule has 206 valence electrons. The summed E-state index contributed by atoms with van der Waals surface area (Å²) < 4.78 is 0. The lowest BCUT2D eigenvalue weighted by Gasteiger charge is -2.31. The maximum absolute atomic E-state index is 13.4. The van der Waals surface area contributed by atoms with Crippen LogP contribution in [0.5, 0.6) is 5.75 Å². The monoisotopic (exact) mass is 542 g/mol. The van der Waals surface area contributed by atoms with Crippen LogP contribution in [0.2, 0.25) is 0 Å². The fourth-order valence-electron chi connectivity index (χ4n) is 5.06. The quantitative estimate of drug-likeness (QED) is 0.317. The van der Waals surface area contributed by atoms with E-state index < -0.39 is 5.92 Å². The minimum absolute atomic E-state index is 0.140. The van der Waals surface area contributed by atoms with Crippen LogP contribution in [0.15, 0.2) is 77.9 Å². The van der Waals surface area contributed by atoms with Crippen molar-refractivity contribution in [2.24, 2.45) is 5.10 Å². The van der Waals surface area contributed by atoms with E-state index in [-0.39, 0.29) is 27.2 Å². The third-order valence-corrected chi connectivity index (χ3v) is 9.01. The highest BCUT2D eigenvalue weighted by molar-refractivity contribution is 7.99. The molecule has 3 atom stereocenters. The first-order chi connectivity index (χ1) is 18.3. The summed E-state index contributed by atoms with van der Waals surface area (Å²) in [5, 5.41) is 16.3. The molecule has 0 aromatic heterocycles. The summed E-state index contributed by atoms with van der Waals surface area (Å²) in [5.41, 5.74) is 8.57. The van der Waals surface area contributed by atoms with Crippen LogP contribution in [0, 0.1) is 0 Å². The van der Waals surface area contributed by atoms with Crippen molar-refractivity contribution in [1.82, 2.24) is 5.43 Å². The molecule has 0 aliphatic carbocycles. The first kappa shape index (κ1) is 28.9. The number of amides is 1. The van der Waals surface area contributed by atoms with E-state index in [2.05, 4.69) is 95.5 Å². The van der Waals surface area contributed by atoms with Gasteiger partial charge >= 0.3 is 0 Å². The largest absolute Gasteiger partial charge is 0.507 e. The Morgan fingerprint density at radius 2 is 1.28 bits per heavy atom. The van der Waals surface area contributed by atoms with Crippen LogP contribution < -0.4 is 5.43 Å². The number of hydrogen-bond donors (Lipinski definition) is 2. The van der Waals surface area contributed by atoms with Gasteiger partial charge in [-0.1, -0.05) is 114 Å². The summed E-state index contributed by atoms with van der Waals surface area (Å²) in [6, 6.07) is 25.1. The molecular formula is C34H42N2O2S. The second kappa shape index (κ2) is 11.6. The second-order valence-corrected chi connectivity index (χ2v) is 14.1. The fourth-order valence-corrected chi connectivity index (χ4v) is 6.66. The first-order valence-electron chi connectivity index (χ1n) is 13.8. The molecule has 1 fully saturated rings. The van der Waals surface area contributed by atoms with E-state index in [0.717, 1.165) is 35.2 Å². The number of benzene rings is 3. The number of hydrogen-bond acceptors (Lipinski definition) is 4. The summed E-state index contributed by atoms with van der Waals surface area (Å²) in [5.74, 6) is -0.228. The smallest absolute Gasteiger partial charge is 0.247 e. The number of aromatic hydroxyl groups is 1. The lowest BCUT2D eigenvalue weighted by atomic mass is 9.77. The van der Waals surface area contributed by atoms with E-state index in [1.807, 2.05) is 43.0 Å². The van der Waals surface area contributed by atoms with Crippen LogP contribution in [0.1, 0.15) is 106 Å². The molecule has 3 unspecified atom stereocenters. The maximum atomic E-state index is 13.4. The van der Waals surface area contributed by atoms with E-state index in [0.29, 0.717) is 5.75 Å². The van der Waals surface area contributed by atoms with Gasteiger partial charge in [0.25, 0.3) is 0 Å². The van der Waals surface area contributed by atoms with Crippen molar-refractivity contribution < 1.29 is 9.90 Å². The number of nitrogens with zero attached hydrogens (tertiary/aromatic N) is 1. The number of phenols is 1. The zero-order valence-electron chi connectivity index (χ0n) is 24.3. The van der Waals surface area contributed by atoms with Gasteiger partial charge in [-0.2, -0.15) is 5.10 Å². The summed E-state index contributed by atoms with van der Waals surface area (Å²) in [7, 11) is 0. The lowest BCUT2D eigenvalue weighted by molar-refractivity contribution is -0.122. The Hall–Kier alpha value is -3.05. The van der Waals surface area contributed by atoms with Crippen molar-refractivity contribution in [3.05, 3.63) is 101 Å². The molecule has 0 bridgehead atoms. The molecule has 4 rings (SSSR count). The highest BCUT2D eigenvalue weighted by Crippen LogP contribution is 2.49. The van der Waals surface area contributed by atoms with Crippen molar-refractivity contribution >= 4 is 23.4 Å². The van der Waals surface area contributed by atoms with Gasteiger partial charge < -0.3 is 5.11 Å². The van der Waals surface area contributed by atoms with Crippen LogP contribution in [0.3, 0.4) is 0 Å². The summed E-state index contributed by atoms with van der Waals surface area (Å²) >= 11 is 1.97. The SMILES string of the molecule is CC(C(=O)NN=C1CC(c2ccccc2)SC(c2ccccc2)C1)c1cc(C(C)(C)C)c(O)c(C(C)(C)C)c1. The average Bonchev–Trinajstić information content (AvgIpc) is 2.91. The molecule has 1 saturated heterocycles. The van der Waals surface area contributed by atoms with E-state index >= 15 is 0 Å². The number of nitrogens with one attached hydrogen (secondary N) is 1. The Morgan fingerprint density at radius 1 is 0.846 bits per heavy atom. The zero-order chi connectivity index (χ0) is 28.4. The molecule has 0 saturated carbocycles. The van der Waals surface area contributed by atoms with Crippen molar-refractivity contribution in [1.29, 1.82) is 0 Å². The number of carbonyl (C=O) groups excluding carboxylic acids is 1. The minimum atomic E-state index is -0.412. The van der Waals surface area contributed by atoms with Crippen LogP contribution in [0.4, 0.5) is 0 Å². The van der Waals surface area contributed by atoms with Crippen LogP contribution in [-0.2, 0) is 15.6 Å². The van der Waals surface area contributed by atoms with Gasteiger partial charge in [-0.15, -0.1) is 11.8 Å². The lowest BCUT2D eigenvalue weighted by Crippen LogP contribution is -2.27. The van der Waals surface area contributed by atoms with Gasteiger partial charge in [-0.3, -0.25) is 4.79 Å². The Bertz CT molecular complexity index is 1240. The van der Waals surface area contributed by atoms with Crippen molar-refractivity contribution in [3.8, 4) is 5.75 Å². The molecule has 5 heteroatoms. The molecule has 1 aliphatic heterocycles. The molecule has 39 heavy (non-hydrogen) atoms. The van der Waals surface area contributed by atoms with Crippen LogP contribution in [-0.4, -0.2) is 16.7 Å². The van der Waals surface area contributed by atoms with Gasteiger partial charge in [0.1, 0.15) is 5.75 Å². The number of rotatable bonds is 5. The molecule has 0 radical (unpaired) electrons. The Labute approximate surface area is 238 Å². The highest BCUT2D eigenvalue weighted by atomic mass is 32.2. The van der Waals surface area contributed by atoms with Gasteiger partial charge in [0.2, 0.25) is 5.91 Å². The predicted molar refractivity (Wildman–Crippen MR) is 165 cm³/mol. The minimum Gasteiger partial charge on any atom is -0.507 e. The van der Waals surface area contributed by atoms with Crippen molar-refractivity contribution in [3.63, 3.8) is 0 Å². The Kier molecular flexibility index (Phi) is 8.60. The summed E-state index contributed by atoms with van der Waals surface area (Å²) in [4.78, 5) is 13.4. The summed E-state index contributed by atoms with van der Waals surface area (Å²) in [6.07, 6.45) is 1.60. The number of carbonyl (C=O) groups is 1. The second-order valence-electron chi connectivity index (χ2n) is 12.7. The topological polar surface area (TPSA) is 61.7 Å². The van der Waals surface area contributed by atoms with Crippen molar-refractivity contribution in [2.75, 3.05) is 0 Å². The van der Waals surface area contributed by atoms with Gasteiger partial charge in [0.05, 0.1) is 5.92 Å². The summed E-state index contributed by atoms with van der Waals surface area (Å²) in [6.45, 7) is 14.4. The number of thioether (sulfide) groups is 1. The van der Waals surface area contributed by atoms with Gasteiger partial charge in [0, 0.05) is 29.1 Å². The molecule has 4 nitrogen and oxygen atoms in total. The molecule has 3 aromatic rings. The number of phenolic OH excluding ortho intramolecular Hbond substituents is 1. The third-order valence-electron chi connectivity index (χ3n) is 7.48. The molecule has 0 spiro atoms. The number of hydrazone groups is 1. The van der Waals surface area contributed by atoms with Gasteiger partial charge in [-0.05, 0) is 45.6 Å². The van der Waals surface area contributed by atoms with Gasteiger partial charge in [0.15, 0.2) is 0 Å².